The van der Waals surface area contributed by atoms with Gasteiger partial charge >= 0.3 is 0 Å². The molecule has 0 aliphatic carbocycles. The van der Waals surface area contributed by atoms with Crippen molar-refractivity contribution >= 4 is 5.91 Å². The molecule has 19 heteroatoms. The first-order chi connectivity index (χ1) is 54.3. The second-order valence-corrected chi connectivity index (χ2v) is 31.7. The Morgan fingerprint density at radius 1 is 0.333 bits per heavy atom. The van der Waals surface area contributed by atoms with Gasteiger partial charge < -0.3 is 89.9 Å². The lowest BCUT2D eigenvalue weighted by Gasteiger charge is -2.48. The van der Waals surface area contributed by atoms with Gasteiger partial charge in [-0.2, -0.15) is 0 Å². The highest BCUT2D eigenvalue weighted by Crippen LogP contribution is 2.33. The topological polar surface area (TPSA) is 307 Å². The van der Waals surface area contributed by atoms with Gasteiger partial charge in [-0.05, 0) is 77.0 Å². The number of unbranched alkanes of at least 4 members (excludes halogenated alkanes) is 42. The van der Waals surface area contributed by atoms with Gasteiger partial charge in [-0.25, -0.2) is 0 Å². The molecule has 3 fully saturated rings. The summed E-state index contributed by atoms with van der Waals surface area (Å²) in [6, 6.07) is -0.979. The van der Waals surface area contributed by atoms with Crippen LogP contribution >= 0.6 is 0 Å². The molecule has 3 saturated heterocycles. The van der Waals surface area contributed by atoms with Crippen molar-refractivity contribution in [1.82, 2.24) is 5.32 Å². The van der Waals surface area contributed by atoms with Gasteiger partial charge in [-0.3, -0.25) is 4.79 Å². The minimum Gasteiger partial charge on any atom is -0.394 e. The van der Waals surface area contributed by atoms with Crippen LogP contribution < -0.4 is 5.32 Å². The lowest BCUT2D eigenvalue weighted by Crippen LogP contribution is -2.66. The lowest BCUT2D eigenvalue weighted by atomic mass is 9.96. The Morgan fingerprint density at radius 2 is 0.622 bits per heavy atom. The molecule has 3 heterocycles. The normalized spacial score (nSPS) is 25.5. The average molecular weight is 1570 g/mol. The first-order valence-electron chi connectivity index (χ1n) is 45.0. The van der Waals surface area contributed by atoms with Crippen molar-refractivity contribution in [2.24, 2.45) is 0 Å². The summed E-state index contributed by atoms with van der Waals surface area (Å²) in [6.45, 7) is 1.67. The Balaban J connectivity index is 1.32. The van der Waals surface area contributed by atoms with Crippen LogP contribution in [0.3, 0.4) is 0 Å². The van der Waals surface area contributed by atoms with Gasteiger partial charge in [0.2, 0.25) is 5.91 Å². The van der Waals surface area contributed by atoms with E-state index in [4.69, 9.17) is 28.4 Å². The predicted molar refractivity (Wildman–Crippen MR) is 447 cm³/mol. The Kier molecular flexibility index (Phi) is 65.1. The van der Waals surface area contributed by atoms with Gasteiger partial charge in [-0.1, -0.05) is 361 Å². The summed E-state index contributed by atoms with van der Waals surface area (Å²) in [7, 11) is 0. The molecule has 3 rings (SSSR count). The van der Waals surface area contributed by atoms with E-state index in [1.807, 2.05) is 6.08 Å². The molecule has 19 nitrogen and oxygen atoms in total. The van der Waals surface area contributed by atoms with E-state index in [-0.39, 0.29) is 18.9 Å². The number of carbonyl (C=O) groups is 1. The fraction of sp³-hybridized carbons (Fsp3) is 0.815. The van der Waals surface area contributed by atoms with E-state index in [1.54, 1.807) is 6.08 Å². The molecule has 0 bridgehead atoms. The second-order valence-electron chi connectivity index (χ2n) is 31.7. The maximum absolute atomic E-state index is 13.5. The van der Waals surface area contributed by atoms with Crippen molar-refractivity contribution in [2.45, 2.75) is 452 Å². The molecule has 17 unspecified atom stereocenters. The second kappa shape index (κ2) is 70.9. The average Bonchev–Trinajstić information content (AvgIpc) is 0.780. The van der Waals surface area contributed by atoms with E-state index in [2.05, 4.69) is 104 Å². The van der Waals surface area contributed by atoms with Crippen molar-refractivity contribution < 1.29 is 89.4 Å². The van der Waals surface area contributed by atoms with Crippen LogP contribution in [0, 0.1) is 0 Å². The van der Waals surface area contributed by atoms with Crippen LogP contribution in [0.1, 0.15) is 348 Å². The zero-order chi connectivity index (χ0) is 80.3. The Bertz CT molecular complexity index is 2380. The number of hydrogen-bond acceptors (Lipinski definition) is 18. The van der Waals surface area contributed by atoms with E-state index < -0.39 is 124 Å². The molecule has 0 spiro atoms. The molecular formula is C92H163NO18. The van der Waals surface area contributed by atoms with Crippen molar-refractivity contribution in [3.8, 4) is 0 Å². The van der Waals surface area contributed by atoms with Crippen LogP contribution in [0.25, 0.3) is 0 Å². The highest BCUT2D eigenvalue weighted by Gasteiger charge is 2.54. The third-order valence-electron chi connectivity index (χ3n) is 21.9. The third-order valence-corrected chi connectivity index (χ3v) is 21.9. The van der Waals surface area contributed by atoms with E-state index in [9.17, 15) is 61.0 Å². The zero-order valence-electron chi connectivity index (χ0n) is 69.4. The summed E-state index contributed by atoms with van der Waals surface area (Å²) in [6.07, 6.45) is 71.2. The van der Waals surface area contributed by atoms with Crippen LogP contribution in [-0.4, -0.2) is 193 Å². The summed E-state index contributed by atoms with van der Waals surface area (Å²) < 4.78 is 34.5. The molecule has 1 amide bonds. The quantitative estimate of drug-likeness (QED) is 0.0199. The molecule has 0 aromatic rings. The van der Waals surface area contributed by atoms with Crippen molar-refractivity contribution in [3.05, 3.63) is 97.2 Å². The maximum Gasteiger partial charge on any atom is 0.220 e. The molecule has 111 heavy (non-hydrogen) atoms. The predicted octanol–water partition coefficient (Wildman–Crippen LogP) is 17.1. The van der Waals surface area contributed by atoms with Crippen molar-refractivity contribution in [3.63, 3.8) is 0 Å². The Morgan fingerprint density at radius 3 is 0.973 bits per heavy atom. The third kappa shape index (κ3) is 49.5. The number of carbonyl (C=O) groups excluding carboxylic acids is 1. The van der Waals surface area contributed by atoms with E-state index in [1.165, 1.54) is 231 Å². The van der Waals surface area contributed by atoms with Crippen molar-refractivity contribution in [2.75, 3.05) is 26.4 Å². The summed E-state index contributed by atoms with van der Waals surface area (Å²) in [5.74, 6) is -0.272. The monoisotopic (exact) mass is 1570 g/mol. The molecule has 0 radical (unpaired) electrons. The fourth-order valence-corrected chi connectivity index (χ4v) is 14.8. The van der Waals surface area contributed by atoms with Crippen LogP contribution in [-0.2, 0) is 33.2 Å². The minimum absolute atomic E-state index is 0.241. The van der Waals surface area contributed by atoms with Crippen LogP contribution in [0.2, 0.25) is 0 Å². The summed E-state index contributed by atoms with van der Waals surface area (Å²) in [5.41, 5.74) is 0. The van der Waals surface area contributed by atoms with Gasteiger partial charge in [0.15, 0.2) is 18.9 Å². The van der Waals surface area contributed by atoms with E-state index in [0.717, 1.165) is 89.9 Å². The van der Waals surface area contributed by atoms with Gasteiger partial charge in [0.25, 0.3) is 0 Å². The number of allylic oxidation sites excluding steroid dienone is 15. The Labute approximate surface area is 673 Å². The standard InChI is InChI=1S/C92H163NO18/c1-3-5-7-9-11-13-15-17-19-21-23-25-27-29-31-32-33-34-35-36-37-38-39-40-41-42-44-46-48-50-52-54-56-58-60-62-64-66-68-70-80(98)93-75(76(97)69-67-65-63-61-59-57-55-53-51-49-47-45-43-30-28-26-24-22-20-18-16-14-12-10-8-6-4-2)74-106-90-86(104)83(101)88(78(72-95)108-90)111-92-87(105)84(102)89(79(73-96)109-92)110-91-85(103)82(100)81(99)77(71-94)107-91/h5,7,11,13,17,19,23,25,29,31,33-34,36-37,67,69,75-79,81-92,94-97,99-105H,3-4,6,8-10,12,14-16,18,20-22,24,26-28,30,32,35,38-66,68,70-74H2,1-2H3,(H,93,98)/b7-5-,13-11-,19-17-,25-23-,31-29-,34-33-,37-36-,69-67+. The molecule has 644 valence electrons. The largest absolute Gasteiger partial charge is 0.394 e. The molecule has 12 N–H and O–H groups in total. The number of rotatable bonds is 72. The molecule has 17 atom stereocenters. The molecule has 0 saturated carbocycles. The summed E-state index contributed by atoms with van der Waals surface area (Å²) in [5, 5.41) is 121. The van der Waals surface area contributed by atoms with Crippen LogP contribution in [0.5, 0.6) is 0 Å². The first kappa shape index (κ1) is 102. The van der Waals surface area contributed by atoms with E-state index >= 15 is 0 Å². The lowest BCUT2D eigenvalue weighted by molar-refractivity contribution is -0.379. The fourth-order valence-electron chi connectivity index (χ4n) is 14.8. The van der Waals surface area contributed by atoms with Gasteiger partial charge in [0.05, 0.1) is 38.6 Å². The summed E-state index contributed by atoms with van der Waals surface area (Å²) in [4.78, 5) is 13.5. The zero-order valence-corrected chi connectivity index (χ0v) is 69.4. The number of nitrogens with one attached hydrogen (secondary N) is 1. The van der Waals surface area contributed by atoms with Crippen LogP contribution in [0.4, 0.5) is 0 Å². The van der Waals surface area contributed by atoms with Crippen LogP contribution in [0.15, 0.2) is 97.2 Å². The molecular weight excluding hydrogens is 1410 g/mol. The highest BCUT2D eigenvalue weighted by molar-refractivity contribution is 5.76. The minimum atomic E-state index is -1.98. The van der Waals surface area contributed by atoms with Crippen molar-refractivity contribution in [1.29, 1.82) is 0 Å². The van der Waals surface area contributed by atoms with Gasteiger partial charge in [0.1, 0.15) is 73.2 Å². The number of ether oxygens (including phenoxy) is 6. The Hall–Kier alpha value is -3.29. The van der Waals surface area contributed by atoms with Gasteiger partial charge in [-0.15, -0.1) is 0 Å². The van der Waals surface area contributed by atoms with E-state index in [0.29, 0.717) is 6.42 Å². The summed E-state index contributed by atoms with van der Waals surface area (Å²) >= 11 is 0. The number of hydrogen-bond donors (Lipinski definition) is 12. The number of aliphatic hydroxyl groups excluding tert-OH is 11. The smallest absolute Gasteiger partial charge is 0.220 e. The molecule has 3 aliphatic heterocycles. The SMILES string of the molecule is CC/C=C\C/C=C\C/C=C\C/C=C\C/C=C\C/C=C\C/C=C\CCCCCCCCCCCCCCCCCCCC(=O)NC(COC1OC(CO)C(OC2OC(CO)C(OC3OC(CO)C(O)C(O)C3O)C(O)C2O)C(O)C1O)C(O)/C=C/CCCCCCCCCCCCCCCCCCCCCCCCCCC. The van der Waals surface area contributed by atoms with Gasteiger partial charge in [0, 0.05) is 6.42 Å². The molecule has 0 aromatic heterocycles. The number of amides is 1. The maximum atomic E-state index is 13.5. The first-order valence-corrected chi connectivity index (χ1v) is 45.0. The number of aliphatic hydroxyl groups is 11. The highest BCUT2D eigenvalue weighted by atomic mass is 16.8. The molecule has 0 aromatic carbocycles. The molecule has 3 aliphatic rings.